The van der Waals surface area contributed by atoms with Gasteiger partial charge in [0.25, 0.3) is 11.8 Å². The molecule has 0 atom stereocenters. The summed E-state index contributed by atoms with van der Waals surface area (Å²) in [6.45, 7) is 0.246. The number of nitrogens with zero attached hydrogens (tertiary/aromatic N) is 1. The molecule has 0 fully saturated rings. The minimum Gasteiger partial charge on any atom is -0.457 e. The second kappa shape index (κ2) is 7.80. The Bertz CT molecular complexity index is 991. The summed E-state index contributed by atoms with van der Waals surface area (Å²) >= 11 is 0. The van der Waals surface area contributed by atoms with Gasteiger partial charge in [-0.25, -0.2) is 0 Å². The Morgan fingerprint density at radius 3 is 1.50 bits per heavy atom. The van der Waals surface area contributed by atoms with E-state index in [2.05, 4.69) is 0 Å². The van der Waals surface area contributed by atoms with Crippen molar-refractivity contribution >= 4 is 11.8 Å². The number of rotatable bonds is 6. The molecule has 0 radical (unpaired) electrons. The van der Waals surface area contributed by atoms with Crippen LogP contribution in [0.5, 0.6) is 23.0 Å². The fourth-order valence-electron chi connectivity index (χ4n) is 2.77. The van der Waals surface area contributed by atoms with Crippen molar-refractivity contribution in [1.82, 2.24) is 4.90 Å². The van der Waals surface area contributed by atoms with Crippen LogP contribution in [0.25, 0.3) is 0 Å². The third kappa shape index (κ3) is 4.10. The molecule has 0 saturated heterocycles. The Morgan fingerprint density at radius 1 is 0.571 bits per heavy atom. The first-order chi connectivity index (χ1) is 13.7. The van der Waals surface area contributed by atoms with E-state index in [0.29, 0.717) is 11.5 Å². The molecule has 1 heterocycles. The van der Waals surface area contributed by atoms with Gasteiger partial charge in [0.15, 0.2) is 0 Å². The summed E-state index contributed by atoms with van der Waals surface area (Å²) in [4.78, 5) is 24.4. The van der Waals surface area contributed by atoms with E-state index >= 15 is 0 Å². The molecule has 0 spiro atoms. The second-order valence-electron chi connectivity index (χ2n) is 6.23. The van der Waals surface area contributed by atoms with Crippen LogP contribution in [0.15, 0.2) is 91.0 Å². The Balaban J connectivity index is 1.36. The van der Waals surface area contributed by atoms with Gasteiger partial charge in [0.05, 0.1) is 6.54 Å². The van der Waals surface area contributed by atoms with E-state index in [0.717, 1.165) is 17.1 Å². The first kappa shape index (κ1) is 17.5. The number of para-hydroxylation sites is 1. The van der Waals surface area contributed by atoms with Crippen molar-refractivity contribution in [1.29, 1.82) is 0 Å². The monoisotopic (exact) mass is 371 g/mol. The number of amides is 2. The minimum atomic E-state index is -0.289. The average Bonchev–Trinajstić information content (AvgIpc) is 3.04. The number of hydrogen-bond acceptors (Lipinski definition) is 4. The maximum atomic E-state index is 11.6. The number of imide groups is 1. The molecule has 0 unspecified atom stereocenters. The molecule has 0 N–H and O–H groups in total. The van der Waals surface area contributed by atoms with Gasteiger partial charge in [0, 0.05) is 12.2 Å². The van der Waals surface area contributed by atoms with Crippen LogP contribution in [-0.2, 0) is 16.1 Å². The van der Waals surface area contributed by atoms with Gasteiger partial charge in [-0.05, 0) is 54.1 Å². The third-order valence-corrected chi connectivity index (χ3v) is 4.20. The van der Waals surface area contributed by atoms with E-state index in [1.807, 2.05) is 78.9 Å². The molecule has 2 amide bonds. The van der Waals surface area contributed by atoms with Crippen molar-refractivity contribution in [2.75, 3.05) is 0 Å². The molecule has 28 heavy (non-hydrogen) atoms. The summed E-state index contributed by atoms with van der Waals surface area (Å²) in [7, 11) is 0. The zero-order valence-electron chi connectivity index (χ0n) is 14.9. The second-order valence-corrected chi connectivity index (χ2v) is 6.23. The van der Waals surface area contributed by atoms with E-state index in [4.69, 9.17) is 9.47 Å². The molecular weight excluding hydrogens is 354 g/mol. The summed E-state index contributed by atoms with van der Waals surface area (Å²) in [5.41, 5.74) is 0.851. The molecule has 0 aromatic heterocycles. The summed E-state index contributed by atoms with van der Waals surface area (Å²) in [6.07, 6.45) is 2.57. The quantitative estimate of drug-likeness (QED) is 0.590. The molecular formula is C23H17NO4. The van der Waals surface area contributed by atoms with Crippen molar-refractivity contribution < 1.29 is 19.1 Å². The van der Waals surface area contributed by atoms with Crippen LogP contribution in [0.2, 0.25) is 0 Å². The van der Waals surface area contributed by atoms with E-state index in [9.17, 15) is 9.59 Å². The SMILES string of the molecule is O=C1C=CC(=O)N1Cc1ccc(Oc2ccc(Oc3ccccc3)cc2)cc1. The fraction of sp³-hybridized carbons (Fsp3) is 0.0435. The highest BCUT2D eigenvalue weighted by atomic mass is 16.5. The highest BCUT2D eigenvalue weighted by molar-refractivity contribution is 6.12. The van der Waals surface area contributed by atoms with Crippen molar-refractivity contribution in [3.63, 3.8) is 0 Å². The number of carbonyl (C=O) groups excluding carboxylic acids is 2. The van der Waals surface area contributed by atoms with E-state index in [1.165, 1.54) is 17.1 Å². The predicted octanol–water partition coefficient (Wildman–Crippen LogP) is 4.70. The topological polar surface area (TPSA) is 55.8 Å². The zero-order chi connectivity index (χ0) is 19.3. The van der Waals surface area contributed by atoms with Gasteiger partial charge in [0.1, 0.15) is 23.0 Å². The highest BCUT2D eigenvalue weighted by Gasteiger charge is 2.23. The van der Waals surface area contributed by atoms with Gasteiger partial charge in [-0.3, -0.25) is 14.5 Å². The lowest BCUT2D eigenvalue weighted by atomic mass is 10.2. The lowest BCUT2D eigenvalue weighted by Gasteiger charge is -2.14. The summed E-state index contributed by atoms with van der Waals surface area (Å²) in [5, 5.41) is 0. The van der Waals surface area contributed by atoms with E-state index < -0.39 is 0 Å². The molecule has 5 nitrogen and oxygen atoms in total. The molecule has 1 aliphatic rings. The largest absolute Gasteiger partial charge is 0.457 e. The van der Waals surface area contributed by atoms with E-state index in [-0.39, 0.29) is 18.4 Å². The summed E-state index contributed by atoms with van der Waals surface area (Å²) in [6, 6.07) is 24.2. The molecule has 4 rings (SSSR count). The molecule has 3 aromatic rings. The Morgan fingerprint density at radius 2 is 1.00 bits per heavy atom. The lowest BCUT2D eigenvalue weighted by molar-refractivity contribution is -0.137. The molecule has 0 aliphatic carbocycles. The van der Waals surface area contributed by atoms with Crippen LogP contribution < -0.4 is 9.47 Å². The smallest absolute Gasteiger partial charge is 0.253 e. The maximum absolute atomic E-state index is 11.6. The van der Waals surface area contributed by atoms with Crippen molar-refractivity contribution in [3.05, 3.63) is 96.6 Å². The standard InChI is InChI=1S/C23H17NO4/c25-22-14-15-23(26)24(22)16-17-6-8-19(9-7-17)28-21-12-10-20(11-13-21)27-18-4-2-1-3-5-18/h1-15H,16H2. The number of carbonyl (C=O) groups is 2. The average molecular weight is 371 g/mol. The fourth-order valence-corrected chi connectivity index (χ4v) is 2.77. The van der Waals surface area contributed by atoms with Crippen LogP contribution in [-0.4, -0.2) is 16.7 Å². The first-order valence-corrected chi connectivity index (χ1v) is 8.81. The Hall–Kier alpha value is -3.86. The van der Waals surface area contributed by atoms with Crippen molar-refractivity contribution in [2.45, 2.75) is 6.54 Å². The van der Waals surface area contributed by atoms with Gasteiger partial charge in [-0.2, -0.15) is 0 Å². The van der Waals surface area contributed by atoms with Gasteiger partial charge in [0.2, 0.25) is 0 Å². The van der Waals surface area contributed by atoms with Crippen LogP contribution in [0.4, 0.5) is 0 Å². The Labute approximate surface area is 162 Å². The molecule has 0 saturated carbocycles. The van der Waals surface area contributed by atoms with E-state index in [1.54, 1.807) is 0 Å². The van der Waals surface area contributed by atoms with Crippen molar-refractivity contribution in [2.24, 2.45) is 0 Å². The Kier molecular flexibility index (Phi) is 4.89. The molecule has 5 heteroatoms. The third-order valence-electron chi connectivity index (χ3n) is 4.20. The summed E-state index contributed by atoms with van der Waals surface area (Å²) < 4.78 is 11.6. The van der Waals surface area contributed by atoms with Crippen LogP contribution >= 0.6 is 0 Å². The number of ether oxygens (including phenoxy) is 2. The zero-order valence-corrected chi connectivity index (χ0v) is 14.9. The normalized spacial score (nSPS) is 13.1. The molecule has 3 aromatic carbocycles. The lowest BCUT2D eigenvalue weighted by Crippen LogP contribution is -2.29. The van der Waals surface area contributed by atoms with Gasteiger partial charge < -0.3 is 9.47 Å². The summed E-state index contributed by atoms with van der Waals surface area (Å²) in [5.74, 6) is 2.27. The van der Waals surface area contributed by atoms with Gasteiger partial charge >= 0.3 is 0 Å². The molecule has 1 aliphatic heterocycles. The predicted molar refractivity (Wildman–Crippen MR) is 104 cm³/mol. The minimum absolute atomic E-state index is 0.246. The van der Waals surface area contributed by atoms with Gasteiger partial charge in [-0.15, -0.1) is 0 Å². The van der Waals surface area contributed by atoms with Crippen LogP contribution in [0.3, 0.4) is 0 Å². The molecule has 0 bridgehead atoms. The molecule has 138 valence electrons. The van der Waals surface area contributed by atoms with Gasteiger partial charge in [-0.1, -0.05) is 30.3 Å². The highest BCUT2D eigenvalue weighted by Crippen LogP contribution is 2.27. The van der Waals surface area contributed by atoms with Crippen LogP contribution in [0.1, 0.15) is 5.56 Å². The number of hydrogen-bond donors (Lipinski definition) is 0. The van der Waals surface area contributed by atoms with Crippen molar-refractivity contribution in [3.8, 4) is 23.0 Å². The number of benzene rings is 3. The van der Waals surface area contributed by atoms with Crippen LogP contribution in [0, 0.1) is 0 Å². The first-order valence-electron chi connectivity index (χ1n) is 8.81. The maximum Gasteiger partial charge on any atom is 0.253 e.